The molecule has 0 bridgehead atoms. The molecule has 4 heterocycles. The summed E-state index contributed by atoms with van der Waals surface area (Å²) in [5.41, 5.74) is 6.26. The van der Waals surface area contributed by atoms with Crippen LogP contribution in [0.2, 0.25) is 0 Å². The zero-order valence-electron chi connectivity index (χ0n) is 21.6. The smallest absolute Gasteiger partial charge is 0.324 e. The molecule has 0 aliphatic carbocycles. The summed E-state index contributed by atoms with van der Waals surface area (Å²) in [6, 6.07) is 1.53. The van der Waals surface area contributed by atoms with Gasteiger partial charge in [-0.05, 0) is 29.9 Å². The Morgan fingerprint density at radius 2 is 1.79 bits per heavy atom. The average Bonchev–Trinajstić information content (AvgIpc) is 3.53. The first-order valence-corrected chi connectivity index (χ1v) is 12.9. The molecule has 0 radical (unpaired) electrons. The number of piperidine rings is 1. The van der Waals surface area contributed by atoms with E-state index in [0.717, 1.165) is 25.6 Å². The number of benzene rings is 1. The van der Waals surface area contributed by atoms with Crippen molar-refractivity contribution in [3.05, 3.63) is 53.4 Å². The normalized spacial score (nSPS) is 23.9. The highest BCUT2D eigenvalue weighted by Gasteiger charge is 2.35. The van der Waals surface area contributed by atoms with Crippen molar-refractivity contribution in [3.8, 4) is 5.75 Å². The SMILES string of the molecule is CC(C)c1noc(N2CC[C@H](COc3cnc(N4C[C@H](c5cc(F)c(F)cc5F)[C@@H](N)C4)nc3)[C@H](C)C2)n1. The van der Waals surface area contributed by atoms with Crippen molar-refractivity contribution < 1.29 is 22.4 Å². The zero-order chi connectivity index (χ0) is 27.0. The second-order valence-electron chi connectivity index (χ2n) is 10.6. The highest BCUT2D eigenvalue weighted by atomic mass is 19.2. The Hall–Kier alpha value is -3.41. The molecule has 2 fully saturated rings. The van der Waals surface area contributed by atoms with Crippen LogP contribution in [0.1, 0.15) is 50.4 Å². The van der Waals surface area contributed by atoms with Gasteiger partial charge in [0, 0.05) is 50.1 Å². The summed E-state index contributed by atoms with van der Waals surface area (Å²) in [7, 11) is 0. The molecule has 4 atom stereocenters. The van der Waals surface area contributed by atoms with E-state index < -0.39 is 29.4 Å². The van der Waals surface area contributed by atoms with Crippen molar-refractivity contribution >= 4 is 12.0 Å². The third kappa shape index (κ3) is 5.40. The number of nitrogens with two attached hydrogens (primary N) is 1. The molecule has 3 aromatic rings. The maximum Gasteiger partial charge on any atom is 0.324 e. The van der Waals surface area contributed by atoms with Crippen molar-refractivity contribution in [2.24, 2.45) is 17.6 Å². The van der Waals surface area contributed by atoms with Crippen molar-refractivity contribution in [1.29, 1.82) is 0 Å². The van der Waals surface area contributed by atoms with Gasteiger partial charge in [-0.3, -0.25) is 0 Å². The summed E-state index contributed by atoms with van der Waals surface area (Å²) in [5, 5.41) is 4.06. The fourth-order valence-electron chi connectivity index (χ4n) is 5.10. The monoisotopic (exact) mass is 531 g/mol. The van der Waals surface area contributed by atoms with Crippen LogP contribution in [0.5, 0.6) is 5.75 Å². The molecule has 5 rings (SSSR count). The molecule has 2 N–H and O–H groups in total. The third-order valence-corrected chi connectivity index (χ3v) is 7.47. The predicted molar refractivity (Wildman–Crippen MR) is 135 cm³/mol. The summed E-state index contributed by atoms with van der Waals surface area (Å²) < 4.78 is 52.8. The van der Waals surface area contributed by atoms with Gasteiger partial charge in [0.2, 0.25) is 5.95 Å². The van der Waals surface area contributed by atoms with E-state index in [-0.39, 0.29) is 18.0 Å². The van der Waals surface area contributed by atoms with Crippen LogP contribution in [0.15, 0.2) is 29.0 Å². The number of nitrogens with zero attached hydrogens (tertiary/aromatic N) is 6. The lowest BCUT2D eigenvalue weighted by Crippen LogP contribution is -2.41. The number of anilines is 2. The molecule has 0 amide bonds. The van der Waals surface area contributed by atoms with Crippen LogP contribution in [-0.4, -0.2) is 58.9 Å². The average molecular weight is 532 g/mol. The first kappa shape index (κ1) is 26.2. The van der Waals surface area contributed by atoms with Crippen LogP contribution >= 0.6 is 0 Å². The first-order chi connectivity index (χ1) is 18.2. The van der Waals surface area contributed by atoms with Crippen molar-refractivity contribution in [1.82, 2.24) is 20.1 Å². The van der Waals surface area contributed by atoms with Crippen LogP contribution in [-0.2, 0) is 0 Å². The van der Waals surface area contributed by atoms with Crippen LogP contribution in [0, 0.1) is 29.3 Å². The van der Waals surface area contributed by atoms with Crippen molar-refractivity contribution in [2.45, 2.75) is 45.1 Å². The van der Waals surface area contributed by atoms with Crippen LogP contribution < -0.4 is 20.3 Å². The van der Waals surface area contributed by atoms with Gasteiger partial charge in [-0.25, -0.2) is 23.1 Å². The molecule has 2 aromatic heterocycles. The number of aromatic nitrogens is 4. The van der Waals surface area contributed by atoms with Gasteiger partial charge in [0.25, 0.3) is 0 Å². The molecule has 2 saturated heterocycles. The lowest BCUT2D eigenvalue weighted by atomic mass is 9.88. The maximum atomic E-state index is 14.3. The van der Waals surface area contributed by atoms with Gasteiger partial charge in [-0.2, -0.15) is 4.98 Å². The molecule has 12 heteroatoms. The van der Waals surface area contributed by atoms with Crippen LogP contribution in [0.3, 0.4) is 0 Å². The Morgan fingerprint density at radius 1 is 1.05 bits per heavy atom. The maximum absolute atomic E-state index is 14.3. The quantitative estimate of drug-likeness (QED) is 0.455. The molecular weight excluding hydrogens is 499 g/mol. The molecule has 204 valence electrons. The fraction of sp³-hybridized carbons (Fsp3) is 0.538. The predicted octanol–water partition coefficient (Wildman–Crippen LogP) is 3.87. The zero-order valence-corrected chi connectivity index (χ0v) is 21.6. The Balaban J connectivity index is 1.14. The molecular formula is C26H32F3N7O2. The van der Waals surface area contributed by atoms with Gasteiger partial charge in [-0.1, -0.05) is 25.9 Å². The summed E-state index contributed by atoms with van der Waals surface area (Å²) in [6.07, 6.45) is 4.13. The Kier molecular flexibility index (Phi) is 7.42. The standard InChI is InChI=1S/C26H32F3N7O2/c1-14(2)24-33-26(38-34-24)35-5-4-16(15(3)10-35)13-37-17-8-31-25(32-9-17)36-11-19(23(30)12-36)18-6-21(28)22(29)7-20(18)27/h6-9,14-16,19,23H,4-5,10-13,30H2,1-3H3/t15-,16-,19-,23+/m1/s1. The minimum atomic E-state index is -1.22. The van der Waals surface area contributed by atoms with Gasteiger partial charge >= 0.3 is 6.01 Å². The van der Waals surface area contributed by atoms with E-state index >= 15 is 0 Å². The summed E-state index contributed by atoms with van der Waals surface area (Å²) in [6.45, 7) is 9.04. The molecule has 9 nitrogen and oxygen atoms in total. The Morgan fingerprint density at radius 3 is 2.47 bits per heavy atom. The van der Waals surface area contributed by atoms with E-state index in [4.69, 9.17) is 15.0 Å². The van der Waals surface area contributed by atoms with Gasteiger partial charge in [0.05, 0.1) is 19.0 Å². The summed E-state index contributed by atoms with van der Waals surface area (Å²) in [5.74, 6) is -1.04. The number of hydrogen-bond acceptors (Lipinski definition) is 9. The van der Waals surface area contributed by atoms with Gasteiger partial charge in [0.1, 0.15) is 5.82 Å². The molecule has 0 unspecified atom stereocenters. The summed E-state index contributed by atoms with van der Waals surface area (Å²) >= 11 is 0. The van der Waals surface area contributed by atoms with E-state index in [1.54, 1.807) is 17.3 Å². The topological polar surface area (TPSA) is 106 Å². The van der Waals surface area contributed by atoms with E-state index in [9.17, 15) is 13.2 Å². The van der Waals surface area contributed by atoms with Gasteiger partial charge in [-0.15, -0.1) is 0 Å². The highest BCUT2D eigenvalue weighted by molar-refractivity contribution is 5.39. The molecule has 2 aliphatic heterocycles. The first-order valence-electron chi connectivity index (χ1n) is 12.9. The van der Waals surface area contributed by atoms with Crippen molar-refractivity contribution in [3.63, 3.8) is 0 Å². The molecule has 38 heavy (non-hydrogen) atoms. The number of rotatable bonds is 7. The van der Waals surface area contributed by atoms with E-state index in [0.29, 0.717) is 54.6 Å². The molecule has 1 aromatic carbocycles. The summed E-state index contributed by atoms with van der Waals surface area (Å²) in [4.78, 5) is 17.2. The van der Waals surface area contributed by atoms with Crippen molar-refractivity contribution in [2.75, 3.05) is 42.6 Å². The minimum absolute atomic E-state index is 0.0541. The minimum Gasteiger partial charge on any atom is -0.490 e. The third-order valence-electron chi connectivity index (χ3n) is 7.47. The van der Waals surface area contributed by atoms with Crippen LogP contribution in [0.25, 0.3) is 0 Å². The second kappa shape index (κ2) is 10.8. The molecule has 0 spiro atoms. The number of ether oxygens (including phenoxy) is 1. The number of hydrogen-bond donors (Lipinski definition) is 1. The second-order valence-corrected chi connectivity index (χ2v) is 10.6. The van der Waals surface area contributed by atoms with E-state index in [1.165, 1.54) is 0 Å². The molecule has 0 saturated carbocycles. The van der Waals surface area contributed by atoms with Gasteiger partial charge in [0.15, 0.2) is 23.2 Å². The molecule has 2 aliphatic rings. The fourth-order valence-corrected chi connectivity index (χ4v) is 5.10. The largest absolute Gasteiger partial charge is 0.490 e. The van der Waals surface area contributed by atoms with Crippen LogP contribution in [0.4, 0.5) is 25.1 Å². The number of halogens is 3. The van der Waals surface area contributed by atoms with E-state index in [1.807, 2.05) is 13.8 Å². The Bertz CT molecular complexity index is 1260. The lowest BCUT2D eigenvalue weighted by molar-refractivity contribution is 0.175. The lowest BCUT2D eigenvalue weighted by Gasteiger charge is -2.35. The van der Waals surface area contributed by atoms with Gasteiger partial charge < -0.3 is 24.8 Å². The Labute approximate surface area is 219 Å². The van der Waals surface area contributed by atoms with E-state index in [2.05, 4.69) is 31.9 Å². The highest BCUT2D eigenvalue weighted by Crippen LogP contribution is 2.32.